The molecule has 0 bridgehead atoms. The van der Waals surface area contributed by atoms with Crippen molar-refractivity contribution in [3.63, 3.8) is 0 Å². The van der Waals surface area contributed by atoms with Gasteiger partial charge in [-0.1, -0.05) is 115 Å². The van der Waals surface area contributed by atoms with Crippen molar-refractivity contribution < 1.29 is 4.42 Å². The first-order valence-electron chi connectivity index (χ1n) is 11.8. The molecule has 0 radical (unpaired) electrons. The van der Waals surface area contributed by atoms with E-state index in [1.54, 1.807) is 6.07 Å². The average Bonchev–Trinajstić information content (AvgIpc) is 2.97. The Kier molecular flexibility index (Phi) is 7.16. The fraction of sp³-hybridized carbons (Fsp3) is 0.0303. The Balaban J connectivity index is 1.72. The number of benzene rings is 4. The molecule has 37 heavy (non-hydrogen) atoms. The lowest BCUT2D eigenvalue weighted by Crippen LogP contribution is -2.06. The van der Waals surface area contributed by atoms with Gasteiger partial charge in [-0.2, -0.15) is 5.26 Å². The number of hydrogen-bond donors (Lipinski definition) is 0. The molecule has 0 unspecified atom stereocenters. The molecule has 4 heteroatoms. The van der Waals surface area contributed by atoms with Gasteiger partial charge in [0.05, 0.1) is 0 Å². The second-order valence-corrected chi connectivity index (χ2v) is 9.23. The van der Waals surface area contributed by atoms with Gasteiger partial charge < -0.3 is 4.42 Å². The summed E-state index contributed by atoms with van der Waals surface area (Å²) in [5, 5.41) is 9.31. The summed E-state index contributed by atoms with van der Waals surface area (Å²) in [6, 6.07) is 42.9. The zero-order valence-corrected chi connectivity index (χ0v) is 21.0. The lowest BCUT2D eigenvalue weighted by atomic mass is 9.85. The normalized spacial score (nSPS) is 10.5. The monoisotopic (exact) mass is 497 g/mol. The van der Waals surface area contributed by atoms with E-state index in [1.165, 1.54) is 11.8 Å². The molecule has 0 aliphatic carbocycles. The summed E-state index contributed by atoms with van der Waals surface area (Å²) in [5.74, 6) is 0.441. The predicted octanol–water partition coefficient (Wildman–Crippen LogP) is 7.91. The van der Waals surface area contributed by atoms with E-state index in [2.05, 4.69) is 72.8 Å². The summed E-state index contributed by atoms with van der Waals surface area (Å²) < 4.78 is 5.50. The van der Waals surface area contributed by atoms with Crippen LogP contribution < -0.4 is 5.63 Å². The standard InChI is InChI=1S/C33H23NO2S/c1-37-30-21-29(36-33(35)28(30)22-34)23-17-19-27(20-18-23)32(26-15-9-4-10-16-26)31(24-11-5-2-6-12-24)25-13-7-3-8-14-25/h2-21H,1H3. The van der Waals surface area contributed by atoms with Crippen molar-refractivity contribution in [1.82, 2.24) is 0 Å². The SMILES string of the molecule is CSc1cc(-c2ccc(C(=C(c3ccccc3)c3ccccc3)c3ccccc3)cc2)oc(=O)c1C#N. The fourth-order valence-electron chi connectivity index (χ4n) is 4.40. The summed E-state index contributed by atoms with van der Waals surface area (Å²) in [6.45, 7) is 0. The number of hydrogen-bond acceptors (Lipinski definition) is 4. The molecular formula is C33H23NO2S. The highest BCUT2D eigenvalue weighted by Crippen LogP contribution is 2.37. The minimum Gasteiger partial charge on any atom is -0.422 e. The van der Waals surface area contributed by atoms with E-state index in [1.807, 2.05) is 54.8 Å². The van der Waals surface area contributed by atoms with E-state index in [-0.39, 0.29) is 5.56 Å². The van der Waals surface area contributed by atoms with E-state index in [0.717, 1.165) is 39.0 Å². The van der Waals surface area contributed by atoms with Gasteiger partial charge in [-0.25, -0.2) is 4.79 Å². The number of rotatable bonds is 6. The van der Waals surface area contributed by atoms with E-state index in [0.29, 0.717) is 10.7 Å². The Labute approximate surface area is 220 Å². The maximum atomic E-state index is 12.4. The third-order valence-electron chi connectivity index (χ3n) is 6.14. The maximum Gasteiger partial charge on any atom is 0.355 e. The van der Waals surface area contributed by atoms with Crippen LogP contribution in [0.25, 0.3) is 22.5 Å². The second-order valence-electron chi connectivity index (χ2n) is 8.38. The molecule has 1 heterocycles. The Hall–Kier alpha value is -4.59. The van der Waals surface area contributed by atoms with Crippen LogP contribution in [-0.2, 0) is 0 Å². The predicted molar refractivity (Wildman–Crippen MR) is 151 cm³/mol. The highest BCUT2D eigenvalue weighted by molar-refractivity contribution is 7.98. The van der Waals surface area contributed by atoms with Crippen LogP contribution in [0.4, 0.5) is 0 Å². The van der Waals surface area contributed by atoms with Crippen molar-refractivity contribution in [2.24, 2.45) is 0 Å². The Morgan fingerprint density at radius 3 is 1.51 bits per heavy atom. The summed E-state index contributed by atoms with van der Waals surface area (Å²) in [4.78, 5) is 13.0. The molecule has 0 saturated heterocycles. The van der Waals surface area contributed by atoms with E-state index >= 15 is 0 Å². The van der Waals surface area contributed by atoms with Crippen molar-refractivity contribution in [3.05, 3.63) is 160 Å². The van der Waals surface area contributed by atoms with Crippen molar-refractivity contribution >= 4 is 22.9 Å². The van der Waals surface area contributed by atoms with Crippen molar-refractivity contribution in [3.8, 4) is 17.4 Å². The molecule has 5 aromatic rings. The zero-order valence-electron chi connectivity index (χ0n) is 20.2. The van der Waals surface area contributed by atoms with E-state index < -0.39 is 5.63 Å². The highest BCUT2D eigenvalue weighted by atomic mass is 32.2. The van der Waals surface area contributed by atoms with Crippen LogP contribution >= 0.6 is 11.8 Å². The first-order valence-corrected chi connectivity index (χ1v) is 13.1. The van der Waals surface area contributed by atoms with Crippen molar-refractivity contribution in [2.75, 3.05) is 6.26 Å². The van der Waals surface area contributed by atoms with Gasteiger partial charge in [0.15, 0.2) is 5.56 Å². The first-order chi connectivity index (χ1) is 18.2. The van der Waals surface area contributed by atoms with Gasteiger partial charge in [-0.3, -0.25) is 0 Å². The van der Waals surface area contributed by atoms with Crippen LogP contribution in [0, 0.1) is 11.3 Å². The molecule has 3 nitrogen and oxygen atoms in total. The third-order valence-corrected chi connectivity index (χ3v) is 6.90. The number of thioether (sulfide) groups is 1. The molecule has 0 spiro atoms. The maximum absolute atomic E-state index is 12.4. The molecule has 5 rings (SSSR count). The second kappa shape index (κ2) is 11.0. The lowest BCUT2D eigenvalue weighted by Gasteiger charge is -2.18. The molecule has 0 N–H and O–H groups in total. The van der Waals surface area contributed by atoms with E-state index in [4.69, 9.17) is 4.42 Å². The Morgan fingerprint density at radius 2 is 1.11 bits per heavy atom. The lowest BCUT2D eigenvalue weighted by molar-refractivity contribution is 0.518. The molecule has 0 fully saturated rings. The Morgan fingerprint density at radius 1 is 0.676 bits per heavy atom. The summed E-state index contributed by atoms with van der Waals surface area (Å²) in [5.41, 5.74) is 6.83. The van der Waals surface area contributed by atoms with Crippen LogP contribution in [0.2, 0.25) is 0 Å². The third kappa shape index (κ3) is 5.04. The smallest absolute Gasteiger partial charge is 0.355 e. The number of nitrogens with zero attached hydrogens (tertiary/aromatic N) is 1. The van der Waals surface area contributed by atoms with Gasteiger partial charge in [-0.15, -0.1) is 11.8 Å². The summed E-state index contributed by atoms with van der Waals surface area (Å²) >= 11 is 1.36. The minimum atomic E-state index is -0.617. The Bertz CT molecular complexity index is 1610. The van der Waals surface area contributed by atoms with Crippen molar-refractivity contribution in [2.45, 2.75) is 4.90 Å². The van der Waals surface area contributed by atoms with E-state index in [9.17, 15) is 10.1 Å². The zero-order chi connectivity index (χ0) is 25.6. The minimum absolute atomic E-state index is 0.0394. The van der Waals surface area contributed by atoms with Gasteiger partial charge in [0, 0.05) is 10.5 Å². The molecule has 0 aliphatic rings. The quantitative estimate of drug-likeness (QED) is 0.177. The van der Waals surface area contributed by atoms with Gasteiger partial charge in [0.2, 0.25) is 0 Å². The topological polar surface area (TPSA) is 54.0 Å². The summed E-state index contributed by atoms with van der Waals surface area (Å²) in [6.07, 6.45) is 1.84. The van der Waals surface area contributed by atoms with Crippen LogP contribution in [0.1, 0.15) is 27.8 Å². The first kappa shape index (κ1) is 24.1. The van der Waals surface area contributed by atoms with Crippen LogP contribution in [0.3, 0.4) is 0 Å². The molecule has 0 aliphatic heterocycles. The molecule has 0 amide bonds. The van der Waals surface area contributed by atoms with Gasteiger partial charge in [0.25, 0.3) is 0 Å². The molecule has 0 atom stereocenters. The molecule has 0 saturated carbocycles. The molecule has 4 aromatic carbocycles. The number of nitriles is 1. The van der Waals surface area contributed by atoms with Gasteiger partial charge in [0.1, 0.15) is 11.8 Å². The molecule has 178 valence electrons. The van der Waals surface area contributed by atoms with Crippen LogP contribution in [-0.4, -0.2) is 6.26 Å². The molecular weight excluding hydrogens is 474 g/mol. The van der Waals surface area contributed by atoms with Crippen LogP contribution in [0.15, 0.2) is 135 Å². The van der Waals surface area contributed by atoms with Gasteiger partial charge >= 0.3 is 5.63 Å². The largest absolute Gasteiger partial charge is 0.422 e. The fourth-order valence-corrected chi connectivity index (χ4v) is 4.96. The van der Waals surface area contributed by atoms with Crippen molar-refractivity contribution in [1.29, 1.82) is 5.26 Å². The molecule has 1 aromatic heterocycles. The average molecular weight is 498 g/mol. The van der Waals surface area contributed by atoms with Crippen LogP contribution in [0.5, 0.6) is 0 Å². The summed E-state index contributed by atoms with van der Waals surface area (Å²) in [7, 11) is 0. The van der Waals surface area contributed by atoms with Gasteiger partial charge in [-0.05, 0) is 45.7 Å². The highest BCUT2D eigenvalue weighted by Gasteiger charge is 2.17.